The first-order valence-corrected chi connectivity index (χ1v) is 11.6. The smallest absolute Gasteiger partial charge is 0.258 e. The van der Waals surface area contributed by atoms with Crippen LogP contribution in [0.3, 0.4) is 0 Å². The first-order chi connectivity index (χ1) is 14.8. The average molecular weight is 498 g/mol. The van der Waals surface area contributed by atoms with E-state index in [1.165, 1.54) is 22.5 Å². The minimum absolute atomic E-state index is 0.0161. The molecule has 31 heavy (non-hydrogen) atoms. The van der Waals surface area contributed by atoms with Crippen LogP contribution in [0, 0.1) is 21.4 Å². The van der Waals surface area contributed by atoms with E-state index in [1.54, 1.807) is 36.4 Å². The molecule has 1 aliphatic rings. The van der Waals surface area contributed by atoms with Crippen molar-refractivity contribution in [2.24, 2.45) is 0 Å². The second kappa shape index (κ2) is 8.23. The lowest BCUT2D eigenvalue weighted by molar-refractivity contribution is -0.384. The van der Waals surface area contributed by atoms with Crippen molar-refractivity contribution in [3.8, 4) is 17.2 Å². The van der Waals surface area contributed by atoms with Crippen molar-refractivity contribution in [3.63, 3.8) is 0 Å². The van der Waals surface area contributed by atoms with Gasteiger partial charge in [0.05, 0.1) is 20.9 Å². The summed E-state index contributed by atoms with van der Waals surface area (Å²) in [6.07, 6.45) is 0.487. The fourth-order valence-electron chi connectivity index (χ4n) is 3.78. The van der Waals surface area contributed by atoms with Crippen molar-refractivity contribution < 1.29 is 13.3 Å². The third-order valence-electron chi connectivity index (χ3n) is 5.28. The molecular formula is C22H16BrN3O4S. The van der Waals surface area contributed by atoms with Gasteiger partial charge in [0.2, 0.25) is 10.0 Å². The van der Waals surface area contributed by atoms with E-state index in [1.807, 2.05) is 12.1 Å². The minimum atomic E-state index is -3.87. The van der Waals surface area contributed by atoms with Gasteiger partial charge in [-0.25, -0.2) is 8.42 Å². The Kier molecular flexibility index (Phi) is 5.62. The highest BCUT2D eigenvalue weighted by molar-refractivity contribution is 9.10. The Morgan fingerprint density at radius 3 is 2.55 bits per heavy atom. The predicted octanol–water partition coefficient (Wildman–Crippen LogP) is 4.64. The lowest BCUT2D eigenvalue weighted by Gasteiger charge is -2.29. The van der Waals surface area contributed by atoms with Crippen molar-refractivity contribution in [1.29, 1.82) is 5.26 Å². The molecule has 9 heteroatoms. The molecule has 1 aliphatic heterocycles. The number of rotatable bonds is 4. The highest BCUT2D eigenvalue weighted by Gasteiger charge is 2.31. The van der Waals surface area contributed by atoms with Crippen LogP contribution < -0.4 is 0 Å². The van der Waals surface area contributed by atoms with Gasteiger partial charge in [0.15, 0.2) is 0 Å². The van der Waals surface area contributed by atoms with E-state index >= 15 is 0 Å². The molecule has 0 atom stereocenters. The summed E-state index contributed by atoms with van der Waals surface area (Å²) in [5.74, 6) is 0. The number of nitrogens with zero attached hydrogens (tertiary/aromatic N) is 3. The number of hydrogen-bond donors (Lipinski definition) is 0. The normalized spacial score (nSPS) is 13.9. The molecule has 3 aromatic carbocycles. The number of fused-ring (bicyclic) bond motifs is 1. The van der Waals surface area contributed by atoms with Crippen LogP contribution in [0.15, 0.2) is 70.0 Å². The lowest BCUT2D eigenvalue weighted by Crippen LogP contribution is -2.36. The Hall–Kier alpha value is -3.06. The lowest BCUT2D eigenvalue weighted by atomic mass is 9.95. The maximum Gasteiger partial charge on any atom is 0.277 e. The molecule has 3 aromatic rings. The zero-order valence-electron chi connectivity index (χ0n) is 16.2. The largest absolute Gasteiger partial charge is 0.277 e. The van der Waals surface area contributed by atoms with Gasteiger partial charge in [-0.3, -0.25) is 10.1 Å². The maximum atomic E-state index is 13.2. The summed E-state index contributed by atoms with van der Waals surface area (Å²) >= 11 is 3.55. The molecule has 0 saturated heterocycles. The van der Waals surface area contributed by atoms with Gasteiger partial charge in [-0.15, -0.1) is 0 Å². The Bertz CT molecular complexity index is 1350. The molecule has 0 N–H and O–H groups in total. The molecule has 0 bridgehead atoms. The third kappa shape index (κ3) is 3.85. The molecule has 0 fully saturated rings. The van der Waals surface area contributed by atoms with Gasteiger partial charge in [0.25, 0.3) is 5.69 Å². The molecule has 7 nitrogen and oxygen atoms in total. The fraction of sp³-hybridized carbons (Fsp3) is 0.136. The van der Waals surface area contributed by atoms with Gasteiger partial charge in [-0.05, 0) is 53.4 Å². The zero-order valence-corrected chi connectivity index (χ0v) is 18.6. The van der Waals surface area contributed by atoms with Crippen molar-refractivity contribution >= 4 is 31.6 Å². The fourth-order valence-corrected chi connectivity index (χ4v) is 6.04. The van der Waals surface area contributed by atoms with Crippen LogP contribution in [0.5, 0.6) is 0 Å². The SMILES string of the molecule is N#Cc1ccccc1S(=O)(=O)N1CCc2c(Br)cc(-c3ccccc3[N+](=O)[O-])cc2C1. The van der Waals surface area contributed by atoms with Crippen LogP contribution in [0.4, 0.5) is 5.69 Å². The van der Waals surface area contributed by atoms with Crippen LogP contribution in [0.2, 0.25) is 0 Å². The summed E-state index contributed by atoms with van der Waals surface area (Å²) in [6.45, 7) is 0.392. The van der Waals surface area contributed by atoms with Gasteiger partial charge in [-0.2, -0.15) is 9.57 Å². The Labute approximate surface area is 187 Å². The molecule has 0 spiro atoms. The topological polar surface area (TPSA) is 104 Å². The van der Waals surface area contributed by atoms with Crippen molar-refractivity contribution in [1.82, 2.24) is 4.31 Å². The number of nitro benzene ring substituents is 1. The van der Waals surface area contributed by atoms with Gasteiger partial charge >= 0.3 is 0 Å². The number of nitriles is 1. The summed E-state index contributed by atoms with van der Waals surface area (Å²) in [6, 6.07) is 18.2. The second-order valence-electron chi connectivity index (χ2n) is 7.07. The summed E-state index contributed by atoms with van der Waals surface area (Å²) in [5.41, 5.74) is 2.93. The van der Waals surface area contributed by atoms with Crippen molar-refractivity contribution in [2.45, 2.75) is 17.9 Å². The molecule has 0 unspecified atom stereocenters. The van der Waals surface area contributed by atoms with E-state index < -0.39 is 14.9 Å². The van der Waals surface area contributed by atoms with Gasteiger partial charge in [0, 0.05) is 23.6 Å². The van der Waals surface area contributed by atoms with Crippen molar-refractivity contribution in [3.05, 3.63) is 91.9 Å². The quantitative estimate of drug-likeness (QED) is 0.385. The van der Waals surface area contributed by atoms with Crippen LogP contribution >= 0.6 is 15.9 Å². The highest BCUT2D eigenvalue weighted by Crippen LogP contribution is 2.37. The average Bonchev–Trinajstić information content (AvgIpc) is 2.78. The van der Waals surface area contributed by atoms with E-state index in [2.05, 4.69) is 15.9 Å². The Morgan fingerprint density at radius 1 is 1.10 bits per heavy atom. The van der Waals surface area contributed by atoms with E-state index in [0.717, 1.165) is 15.6 Å². The Balaban J connectivity index is 1.77. The number of para-hydroxylation sites is 1. The van der Waals surface area contributed by atoms with Gasteiger partial charge in [0.1, 0.15) is 6.07 Å². The molecule has 0 radical (unpaired) electrons. The third-order valence-corrected chi connectivity index (χ3v) is 7.89. The molecule has 4 rings (SSSR count). The second-order valence-corrected chi connectivity index (χ2v) is 9.83. The minimum Gasteiger partial charge on any atom is -0.258 e. The summed E-state index contributed by atoms with van der Waals surface area (Å²) in [7, 11) is -3.87. The molecule has 0 amide bonds. The molecule has 0 saturated carbocycles. The summed E-state index contributed by atoms with van der Waals surface area (Å²) in [5, 5.41) is 20.8. The Morgan fingerprint density at radius 2 is 1.81 bits per heavy atom. The number of benzene rings is 3. The first-order valence-electron chi connectivity index (χ1n) is 9.37. The van der Waals surface area contributed by atoms with Crippen LogP contribution in [0.1, 0.15) is 16.7 Å². The van der Waals surface area contributed by atoms with Gasteiger partial charge in [-0.1, -0.05) is 40.2 Å². The van der Waals surface area contributed by atoms with Crippen LogP contribution in [-0.4, -0.2) is 24.2 Å². The zero-order chi connectivity index (χ0) is 22.2. The monoisotopic (exact) mass is 497 g/mol. The highest BCUT2D eigenvalue weighted by atomic mass is 79.9. The predicted molar refractivity (Wildman–Crippen MR) is 119 cm³/mol. The standard InChI is InChI=1S/C22H16BrN3O4S/c23-20-12-16(19-6-2-3-7-21(19)26(27)28)11-17-14-25(10-9-18(17)20)31(29,30)22-8-4-1-5-15(22)13-24/h1-8,11-12H,9-10,14H2. The number of halogens is 1. The van der Waals surface area contributed by atoms with Gasteiger partial charge < -0.3 is 0 Å². The van der Waals surface area contributed by atoms with E-state index in [9.17, 15) is 23.8 Å². The molecule has 1 heterocycles. The molecule has 0 aliphatic carbocycles. The number of hydrogen-bond acceptors (Lipinski definition) is 5. The van der Waals surface area contributed by atoms with Crippen LogP contribution in [-0.2, 0) is 23.0 Å². The summed E-state index contributed by atoms with van der Waals surface area (Å²) < 4.78 is 28.6. The van der Waals surface area contributed by atoms with Crippen molar-refractivity contribution in [2.75, 3.05) is 6.54 Å². The summed E-state index contributed by atoms with van der Waals surface area (Å²) in [4.78, 5) is 11.0. The van der Waals surface area contributed by atoms with E-state index in [4.69, 9.17) is 0 Å². The molecule has 156 valence electrons. The van der Waals surface area contributed by atoms with E-state index in [-0.39, 0.29) is 29.2 Å². The molecular weight excluding hydrogens is 482 g/mol. The number of sulfonamides is 1. The number of nitro groups is 1. The first kappa shape index (κ1) is 21.2. The van der Waals surface area contributed by atoms with Crippen LogP contribution in [0.25, 0.3) is 11.1 Å². The van der Waals surface area contributed by atoms with E-state index in [0.29, 0.717) is 17.5 Å². The maximum absolute atomic E-state index is 13.2. The molecule has 0 aromatic heterocycles.